The Labute approximate surface area is 190 Å². The Morgan fingerprint density at radius 3 is 2.25 bits per heavy atom. The lowest BCUT2D eigenvalue weighted by Crippen LogP contribution is -2.54. The summed E-state index contributed by atoms with van der Waals surface area (Å²) in [6.45, 7) is 0. The Kier molecular flexibility index (Phi) is 6.41. The van der Waals surface area contributed by atoms with Crippen LogP contribution in [0, 0.1) is 0 Å². The van der Waals surface area contributed by atoms with Gasteiger partial charge in [-0.3, -0.25) is 4.79 Å². The van der Waals surface area contributed by atoms with Crippen molar-refractivity contribution in [2.24, 2.45) is 0 Å². The molecule has 1 aliphatic carbocycles. The van der Waals surface area contributed by atoms with Crippen LogP contribution in [0.15, 0.2) is 54.6 Å². The predicted octanol–water partition coefficient (Wildman–Crippen LogP) is 3.83. The second-order valence-corrected chi connectivity index (χ2v) is 9.37. The number of rotatable bonds is 5. The van der Waals surface area contributed by atoms with E-state index in [1.54, 1.807) is 65.2 Å². The molecule has 1 heterocycles. The molecule has 1 N–H and O–H groups in total. The molecule has 8 heteroatoms. The third-order valence-electron chi connectivity index (χ3n) is 6.08. The molecule has 168 valence electrons. The van der Waals surface area contributed by atoms with Crippen molar-refractivity contribution >= 4 is 29.6 Å². The minimum Gasteiger partial charge on any atom is -0.490 e. The van der Waals surface area contributed by atoms with Crippen LogP contribution in [0.25, 0.3) is 0 Å². The molecule has 0 bridgehead atoms. The van der Waals surface area contributed by atoms with E-state index in [9.17, 15) is 19.5 Å². The number of nitrogens with zero attached hydrogens (tertiary/aromatic N) is 1. The quantitative estimate of drug-likeness (QED) is 0.685. The summed E-state index contributed by atoms with van der Waals surface area (Å²) in [5.74, 6) is -0.554. The SMILES string of the molecule is COC(=O)c1ccc(OC2CCC3(CC2)SCC(C(=O)O)N3C(=O)c2ccccc2)cc1. The highest BCUT2D eigenvalue weighted by Crippen LogP contribution is 2.50. The van der Waals surface area contributed by atoms with Gasteiger partial charge < -0.3 is 19.5 Å². The summed E-state index contributed by atoms with van der Waals surface area (Å²) in [5.41, 5.74) is 0.962. The summed E-state index contributed by atoms with van der Waals surface area (Å²) in [6.07, 6.45) is 2.69. The Balaban J connectivity index is 1.46. The number of carboxylic acids is 1. The molecule has 0 radical (unpaired) electrons. The molecule has 2 aromatic carbocycles. The lowest BCUT2D eigenvalue weighted by Gasteiger charge is -2.43. The summed E-state index contributed by atoms with van der Waals surface area (Å²) in [6, 6.07) is 14.8. The van der Waals surface area contributed by atoms with E-state index in [2.05, 4.69) is 0 Å². The van der Waals surface area contributed by atoms with Crippen molar-refractivity contribution in [3.63, 3.8) is 0 Å². The zero-order chi connectivity index (χ0) is 22.7. The Morgan fingerprint density at radius 1 is 1.00 bits per heavy atom. The number of methoxy groups -OCH3 is 1. The predicted molar refractivity (Wildman–Crippen MR) is 120 cm³/mol. The van der Waals surface area contributed by atoms with Crippen LogP contribution in [-0.2, 0) is 9.53 Å². The molecular weight excluding hydrogens is 430 g/mol. The Hall–Kier alpha value is -3.00. The molecule has 1 spiro atoms. The number of thioether (sulfide) groups is 1. The van der Waals surface area contributed by atoms with E-state index in [1.165, 1.54) is 7.11 Å². The Morgan fingerprint density at radius 2 is 1.66 bits per heavy atom. The lowest BCUT2D eigenvalue weighted by atomic mass is 9.89. The third-order valence-corrected chi connectivity index (χ3v) is 7.70. The molecule has 1 aliphatic heterocycles. The largest absolute Gasteiger partial charge is 0.490 e. The van der Waals surface area contributed by atoms with Gasteiger partial charge in [-0.15, -0.1) is 11.8 Å². The average molecular weight is 456 g/mol. The van der Waals surface area contributed by atoms with Gasteiger partial charge in [-0.2, -0.15) is 0 Å². The number of benzene rings is 2. The number of hydrogen-bond acceptors (Lipinski definition) is 6. The van der Waals surface area contributed by atoms with Gasteiger partial charge in [0.05, 0.1) is 23.6 Å². The summed E-state index contributed by atoms with van der Waals surface area (Å²) in [7, 11) is 1.34. The highest BCUT2D eigenvalue weighted by molar-refractivity contribution is 8.01. The molecule has 4 rings (SSSR count). The van der Waals surface area contributed by atoms with Crippen LogP contribution in [0.5, 0.6) is 5.75 Å². The van der Waals surface area contributed by atoms with Gasteiger partial charge in [0.15, 0.2) is 0 Å². The molecule has 1 saturated carbocycles. The second-order valence-electron chi connectivity index (χ2n) is 7.99. The summed E-state index contributed by atoms with van der Waals surface area (Å²) >= 11 is 1.57. The van der Waals surface area contributed by atoms with E-state index in [0.29, 0.717) is 48.3 Å². The molecule has 7 nitrogen and oxygen atoms in total. The van der Waals surface area contributed by atoms with Gasteiger partial charge >= 0.3 is 11.9 Å². The molecule has 32 heavy (non-hydrogen) atoms. The van der Waals surface area contributed by atoms with Crippen molar-refractivity contribution in [1.82, 2.24) is 4.90 Å². The minimum atomic E-state index is -0.970. The molecule has 1 saturated heterocycles. The van der Waals surface area contributed by atoms with Crippen molar-refractivity contribution in [1.29, 1.82) is 0 Å². The normalized spacial score (nSPS) is 24.8. The van der Waals surface area contributed by atoms with Gasteiger partial charge in [0.25, 0.3) is 5.91 Å². The van der Waals surface area contributed by atoms with Crippen LogP contribution < -0.4 is 4.74 Å². The van der Waals surface area contributed by atoms with Crippen LogP contribution >= 0.6 is 11.8 Å². The van der Waals surface area contributed by atoms with Crippen molar-refractivity contribution in [3.8, 4) is 5.75 Å². The average Bonchev–Trinajstić information content (AvgIpc) is 3.19. The second kappa shape index (κ2) is 9.24. The number of esters is 1. The van der Waals surface area contributed by atoms with E-state index in [0.717, 1.165) is 0 Å². The number of aliphatic carboxylic acids is 1. The van der Waals surface area contributed by atoms with Crippen molar-refractivity contribution in [2.75, 3.05) is 12.9 Å². The zero-order valence-corrected chi connectivity index (χ0v) is 18.5. The fourth-order valence-electron chi connectivity index (χ4n) is 4.42. The maximum Gasteiger partial charge on any atom is 0.337 e. The first kappa shape index (κ1) is 22.2. The maximum atomic E-state index is 13.3. The summed E-state index contributed by atoms with van der Waals surface area (Å²) in [5, 5.41) is 9.75. The van der Waals surface area contributed by atoms with Crippen molar-refractivity contribution in [2.45, 2.75) is 42.7 Å². The molecule has 1 atom stereocenters. The minimum absolute atomic E-state index is 0.0391. The molecule has 0 aromatic heterocycles. The van der Waals surface area contributed by atoms with Crippen molar-refractivity contribution < 1.29 is 29.0 Å². The van der Waals surface area contributed by atoms with E-state index in [1.807, 2.05) is 6.07 Å². The topological polar surface area (TPSA) is 93.1 Å². The van der Waals surface area contributed by atoms with Crippen LogP contribution in [0.2, 0.25) is 0 Å². The number of carboxylic acid groups (broad SMARTS) is 1. The first-order valence-electron chi connectivity index (χ1n) is 10.5. The van der Waals surface area contributed by atoms with Gasteiger partial charge in [0, 0.05) is 11.3 Å². The van der Waals surface area contributed by atoms with Gasteiger partial charge in [0.1, 0.15) is 11.8 Å². The standard InChI is InChI=1S/C24H25NO6S/c1-30-23(29)17-7-9-18(10-8-17)31-19-11-13-24(14-12-19)25(20(15-32-24)22(27)28)21(26)16-5-3-2-4-6-16/h2-10,19-20H,11-15H2,1H3,(H,27,28). The van der Waals surface area contributed by atoms with E-state index >= 15 is 0 Å². The van der Waals surface area contributed by atoms with Crippen LogP contribution in [-0.4, -0.2) is 57.7 Å². The fourth-order valence-corrected chi connectivity index (χ4v) is 6.05. The molecule has 1 amide bonds. The smallest absolute Gasteiger partial charge is 0.337 e. The maximum absolute atomic E-state index is 13.3. The number of ether oxygens (including phenoxy) is 2. The number of amides is 1. The molecule has 1 unspecified atom stereocenters. The Bertz CT molecular complexity index is 985. The van der Waals surface area contributed by atoms with Gasteiger partial charge in [-0.25, -0.2) is 9.59 Å². The van der Waals surface area contributed by atoms with Gasteiger partial charge in [-0.05, 0) is 62.1 Å². The molecule has 2 fully saturated rings. The summed E-state index contributed by atoms with van der Waals surface area (Å²) < 4.78 is 10.8. The third kappa shape index (κ3) is 4.32. The molecular formula is C24H25NO6S. The lowest BCUT2D eigenvalue weighted by molar-refractivity contribution is -0.142. The fraction of sp³-hybridized carbons (Fsp3) is 0.375. The number of carbonyl (C=O) groups is 3. The van der Waals surface area contributed by atoms with Gasteiger partial charge in [0.2, 0.25) is 0 Å². The van der Waals surface area contributed by atoms with E-state index < -0.39 is 22.9 Å². The highest BCUT2D eigenvalue weighted by Gasteiger charge is 2.53. The first-order chi connectivity index (χ1) is 15.4. The summed E-state index contributed by atoms with van der Waals surface area (Å²) in [4.78, 5) is 37.8. The van der Waals surface area contributed by atoms with Crippen LogP contribution in [0.4, 0.5) is 0 Å². The zero-order valence-electron chi connectivity index (χ0n) is 17.7. The van der Waals surface area contributed by atoms with Crippen molar-refractivity contribution in [3.05, 3.63) is 65.7 Å². The van der Waals surface area contributed by atoms with Crippen LogP contribution in [0.1, 0.15) is 46.4 Å². The van der Waals surface area contributed by atoms with Crippen LogP contribution in [0.3, 0.4) is 0 Å². The number of hydrogen-bond donors (Lipinski definition) is 1. The highest BCUT2D eigenvalue weighted by atomic mass is 32.2. The van der Waals surface area contributed by atoms with Gasteiger partial charge in [-0.1, -0.05) is 18.2 Å². The number of carbonyl (C=O) groups excluding carboxylic acids is 2. The van der Waals surface area contributed by atoms with E-state index in [4.69, 9.17) is 9.47 Å². The van der Waals surface area contributed by atoms with E-state index in [-0.39, 0.29) is 12.0 Å². The molecule has 2 aliphatic rings. The molecule has 2 aromatic rings. The monoisotopic (exact) mass is 455 g/mol. The first-order valence-corrected chi connectivity index (χ1v) is 11.5.